The second-order valence-corrected chi connectivity index (χ2v) is 5.93. The van der Waals surface area contributed by atoms with Crippen molar-refractivity contribution in [1.29, 1.82) is 0 Å². The molecule has 0 radical (unpaired) electrons. The van der Waals surface area contributed by atoms with Gasteiger partial charge in [-0.2, -0.15) is 10.2 Å². The highest BCUT2D eigenvalue weighted by atomic mass is 16.5. The molecule has 0 spiro atoms. The Morgan fingerprint density at radius 3 is 2.38 bits per heavy atom. The molecule has 0 atom stereocenters. The Labute approximate surface area is 144 Å². The molecule has 0 heterocycles. The number of hydrogen-bond acceptors (Lipinski definition) is 4. The predicted octanol–water partition coefficient (Wildman–Crippen LogP) is 5.65. The highest BCUT2D eigenvalue weighted by Crippen LogP contribution is 2.29. The van der Waals surface area contributed by atoms with E-state index in [1.54, 1.807) is 0 Å². The first-order valence-corrected chi connectivity index (χ1v) is 8.52. The summed E-state index contributed by atoms with van der Waals surface area (Å²) in [4.78, 5) is 0. The van der Waals surface area contributed by atoms with Crippen LogP contribution in [0, 0.1) is 13.8 Å². The van der Waals surface area contributed by atoms with Gasteiger partial charge in [-0.05, 0) is 68.5 Å². The third-order valence-electron chi connectivity index (χ3n) is 3.83. The van der Waals surface area contributed by atoms with E-state index in [1.165, 1.54) is 0 Å². The van der Waals surface area contributed by atoms with Crippen LogP contribution in [-0.2, 0) is 0 Å². The van der Waals surface area contributed by atoms with Crippen LogP contribution in [0.1, 0.15) is 36.8 Å². The van der Waals surface area contributed by atoms with Crippen molar-refractivity contribution in [3.63, 3.8) is 0 Å². The summed E-state index contributed by atoms with van der Waals surface area (Å²) < 4.78 is 5.88. The molecule has 0 aliphatic heterocycles. The van der Waals surface area contributed by atoms with Crippen LogP contribution in [0.3, 0.4) is 0 Å². The molecule has 4 nitrogen and oxygen atoms in total. The molecule has 0 aliphatic carbocycles. The van der Waals surface area contributed by atoms with Gasteiger partial charge < -0.3 is 9.84 Å². The predicted molar refractivity (Wildman–Crippen MR) is 97.6 cm³/mol. The molecular formula is C20H26N2O2. The van der Waals surface area contributed by atoms with E-state index in [-0.39, 0.29) is 6.61 Å². The molecule has 0 fully saturated rings. The molecule has 0 bridgehead atoms. The van der Waals surface area contributed by atoms with Gasteiger partial charge in [0, 0.05) is 6.61 Å². The van der Waals surface area contributed by atoms with Gasteiger partial charge in [-0.1, -0.05) is 24.6 Å². The summed E-state index contributed by atoms with van der Waals surface area (Å²) in [5.74, 6) is 0.910. The van der Waals surface area contributed by atoms with Gasteiger partial charge in [0.05, 0.1) is 18.0 Å². The van der Waals surface area contributed by atoms with Crippen molar-refractivity contribution in [2.45, 2.75) is 39.5 Å². The zero-order valence-electron chi connectivity index (χ0n) is 14.5. The summed E-state index contributed by atoms with van der Waals surface area (Å²) in [6.07, 6.45) is 4.02. The van der Waals surface area contributed by atoms with Crippen molar-refractivity contribution in [1.82, 2.24) is 0 Å². The zero-order chi connectivity index (χ0) is 17.2. The molecule has 0 saturated carbocycles. The maximum Gasteiger partial charge on any atom is 0.122 e. The molecule has 0 saturated heterocycles. The maximum atomic E-state index is 8.76. The van der Waals surface area contributed by atoms with E-state index in [9.17, 15) is 0 Å². The van der Waals surface area contributed by atoms with Crippen LogP contribution >= 0.6 is 0 Å². The molecular weight excluding hydrogens is 300 g/mol. The lowest BCUT2D eigenvalue weighted by molar-refractivity contribution is 0.273. The number of rotatable bonds is 9. The molecule has 0 unspecified atom stereocenters. The Morgan fingerprint density at radius 2 is 1.62 bits per heavy atom. The van der Waals surface area contributed by atoms with Crippen LogP contribution in [0.5, 0.6) is 5.75 Å². The van der Waals surface area contributed by atoms with Crippen LogP contribution < -0.4 is 4.74 Å². The van der Waals surface area contributed by atoms with E-state index < -0.39 is 0 Å². The van der Waals surface area contributed by atoms with Crippen molar-refractivity contribution >= 4 is 11.4 Å². The molecule has 0 aromatic heterocycles. The number of azo groups is 1. The van der Waals surface area contributed by atoms with Crippen molar-refractivity contribution in [3.05, 3.63) is 53.6 Å². The van der Waals surface area contributed by atoms with E-state index in [0.717, 1.165) is 53.9 Å². The summed E-state index contributed by atoms with van der Waals surface area (Å²) in [5, 5.41) is 17.4. The van der Waals surface area contributed by atoms with Crippen molar-refractivity contribution < 1.29 is 9.84 Å². The highest BCUT2D eigenvalue weighted by Gasteiger charge is 2.05. The van der Waals surface area contributed by atoms with E-state index >= 15 is 0 Å². The van der Waals surface area contributed by atoms with E-state index in [0.29, 0.717) is 6.61 Å². The fourth-order valence-electron chi connectivity index (χ4n) is 2.39. The number of hydrogen-bond donors (Lipinski definition) is 1. The Bertz CT molecular complexity index is 654. The van der Waals surface area contributed by atoms with Crippen LogP contribution in [-0.4, -0.2) is 18.3 Å². The Kier molecular flexibility index (Phi) is 7.43. The average Bonchev–Trinajstić information content (AvgIpc) is 2.60. The Morgan fingerprint density at radius 1 is 0.875 bits per heavy atom. The summed E-state index contributed by atoms with van der Waals surface area (Å²) in [6.45, 7) is 5.03. The molecule has 0 aliphatic rings. The standard InChI is InChI=1S/C20H26N2O2/c1-16-15-20(24-13-9-4-3-8-12-23)17(2)14-19(16)22-21-18-10-6-5-7-11-18/h5-7,10-11,14-15,23H,3-4,8-9,12-13H2,1-2H3. The first kappa shape index (κ1) is 18.1. The van der Waals surface area contributed by atoms with Crippen LogP contribution in [0.2, 0.25) is 0 Å². The second kappa shape index (κ2) is 9.83. The van der Waals surface area contributed by atoms with Crippen molar-refractivity contribution in [2.24, 2.45) is 10.2 Å². The highest BCUT2D eigenvalue weighted by molar-refractivity contribution is 5.53. The number of aliphatic hydroxyl groups excluding tert-OH is 1. The SMILES string of the molecule is Cc1cc(OCCCCCCO)c(C)cc1N=Nc1ccccc1. The minimum absolute atomic E-state index is 0.276. The number of aryl methyl sites for hydroxylation is 2. The minimum atomic E-state index is 0.276. The first-order valence-electron chi connectivity index (χ1n) is 8.52. The summed E-state index contributed by atoms with van der Waals surface area (Å²) >= 11 is 0. The first-order chi connectivity index (χ1) is 11.7. The monoisotopic (exact) mass is 326 g/mol. The molecule has 4 heteroatoms. The fourth-order valence-corrected chi connectivity index (χ4v) is 2.39. The average molecular weight is 326 g/mol. The summed E-state index contributed by atoms with van der Waals surface area (Å²) in [5.41, 5.74) is 3.83. The Balaban J connectivity index is 1.94. The number of ether oxygens (including phenoxy) is 1. The fraction of sp³-hybridized carbons (Fsp3) is 0.400. The summed E-state index contributed by atoms with van der Waals surface area (Å²) in [7, 11) is 0. The number of aliphatic hydroxyl groups is 1. The van der Waals surface area contributed by atoms with Gasteiger partial charge in [-0.15, -0.1) is 0 Å². The lowest BCUT2D eigenvalue weighted by Gasteiger charge is -2.11. The lowest BCUT2D eigenvalue weighted by atomic mass is 10.1. The van der Waals surface area contributed by atoms with Gasteiger partial charge in [0.15, 0.2) is 0 Å². The Hall–Kier alpha value is -2.20. The number of benzene rings is 2. The lowest BCUT2D eigenvalue weighted by Crippen LogP contribution is -1.99. The van der Waals surface area contributed by atoms with Crippen LogP contribution in [0.4, 0.5) is 11.4 Å². The van der Waals surface area contributed by atoms with Crippen LogP contribution in [0.15, 0.2) is 52.7 Å². The van der Waals surface area contributed by atoms with Gasteiger partial charge in [0.2, 0.25) is 0 Å². The maximum absolute atomic E-state index is 8.76. The topological polar surface area (TPSA) is 54.2 Å². The molecule has 1 N–H and O–H groups in total. The van der Waals surface area contributed by atoms with E-state index in [2.05, 4.69) is 10.2 Å². The molecule has 128 valence electrons. The van der Waals surface area contributed by atoms with Gasteiger partial charge >= 0.3 is 0 Å². The van der Waals surface area contributed by atoms with Gasteiger partial charge in [0.1, 0.15) is 5.75 Å². The third-order valence-corrected chi connectivity index (χ3v) is 3.83. The molecule has 2 rings (SSSR count). The van der Waals surface area contributed by atoms with Gasteiger partial charge in [0.25, 0.3) is 0 Å². The number of unbranched alkanes of at least 4 members (excludes halogenated alkanes) is 3. The number of nitrogens with zero attached hydrogens (tertiary/aromatic N) is 2. The second-order valence-electron chi connectivity index (χ2n) is 5.93. The van der Waals surface area contributed by atoms with Crippen molar-refractivity contribution in [2.75, 3.05) is 13.2 Å². The molecule has 2 aromatic carbocycles. The largest absolute Gasteiger partial charge is 0.493 e. The smallest absolute Gasteiger partial charge is 0.122 e. The summed E-state index contributed by atoms with van der Waals surface area (Å²) in [6, 6.07) is 13.8. The van der Waals surface area contributed by atoms with Crippen molar-refractivity contribution in [3.8, 4) is 5.75 Å². The quantitative estimate of drug-likeness (QED) is 0.478. The third kappa shape index (κ3) is 5.78. The van der Waals surface area contributed by atoms with Gasteiger partial charge in [-0.25, -0.2) is 0 Å². The minimum Gasteiger partial charge on any atom is -0.493 e. The van der Waals surface area contributed by atoms with Gasteiger partial charge in [-0.3, -0.25) is 0 Å². The van der Waals surface area contributed by atoms with E-state index in [1.807, 2.05) is 56.3 Å². The molecule has 2 aromatic rings. The normalized spacial score (nSPS) is 11.1. The molecule has 24 heavy (non-hydrogen) atoms. The van der Waals surface area contributed by atoms with E-state index in [4.69, 9.17) is 9.84 Å². The zero-order valence-corrected chi connectivity index (χ0v) is 14.5. The molecule has 0 amide bonds. The van der Waals surface area contributed by atoms with Crippen LogP contribution in [0.25, 0.3) is 0 Å².